The average Bonchev–Trinajstić information content (AvgIpc) is 2.33. The third-order valence-corrected chi connectivity index (χ3v) is 1.98. The minimum Gasteiger partial charge on any atom is -0.423 e. The highest BCUT2D eigenvalue weighted by Crippen LogP contribution is 2.29. The van der Waals surface area contributed by atoms with Crippen molar-refractivity contribution in [1.82, 2.24) is 0 Å². The van der Waals surface area contributed by atoms with Crippen LogP contribution in [0.3, 0.4) is 0 Å². The van der Waals surface area contributed by atoms with Gasteiger partial charge in [0.2, 0.25) is 0 Å². The number of esters is 2. The summed E-state index contributed by atoms with van der Waals surface area (Å²) >= 11 is 5.80. The predicted octanol–water partition coefficient (Wildman–Crippen LogP) is 2.52. The van der Waals surface area contributed by atoms with Crippen LogP contribution in [0.1, 0.15) is 0 Å². The van der Waals surface area contributed by atoms with Gasteiger partial charge in [-0.3, -0.25) is 0 Å². The molecule has 0 fully saturated rings. The summed E-state index contributed by atoms with van der Waals surface area (Å²) in [5, 5.41) is 0.221. The van der Waals surface area contributed by atoms with Crippen molar-refractivity contribution in [3.8, 4) is 11.5 Å². The number of carbonyl (C=O) groups is 2. The lowest BCUT2D eigenvalue weighted by Crippen LogP contribution is -2.06. The number of hydrogen-bond acceptors (Lipinski definition) is 4. The lowest BCUT2D eigenvalue weighted by molar-refractivity contribution is -0.129. The van der Waals surface area contributed by atoms with Crippen molar-refractivity contribution in [2.45, 2.75) is 0 Å². The van der Waals surface area contributed by atoms with Gasteiger partial charge in [0.25, 0.3) is 0 Å². The zero-order valence-corrected chi connectivity index (χ0v) is 9.57. The Morgan fingerprint density at radius 3 is 2.29 bits per heavy atom. The lowest BCUT2D eigenvalue weighted by Gasteiger charge is -2.06. The van der Waals surface area contributed by atoms with Gasteiger partial charge in [0.1, 0.15) is 5.75 Å². The topological polar surface area (TPSA) is 52.6 Å². The summed E-state index contributed by atoms with van der Waals surface area (Å²) in [5.41, 5.74) is 0. The zero-order valence-electron chi connectivity index (χ0n) is 8.81. The molecule has 0 atom stereocenters. The number of carbonyl (C=O) groups excluding carboxylic acids is 2. The maximum absolute atomic E-state index is 11.0. The molecule has 0 saturated carbocycles. The number of halogens is 1. The molecule has 88 valence electrons. The molecule has 0 saturated heterocycles. The van der Waals surface area contributed by atoms with Gasteiger partial charge in [-0.2, -0.15) is 0 Å². The summed E-state index contributed by atoms with van der Waals surface area (Å²) in [6.45, 7) is 6.51. The van der Waals surface area contributed by atoms with Crippen molar-refractivity contribution in [2.24, 2.45) is 0 Å². The van der Waals surface area contributed by atoms with E-state index in [1.54, 1.807) is 0 Å². The molecule has 0 aliphatic heterocycles. The average molecular weight is 253 g/mol. The highest BCUT2D eigenvalue weighted by Gasteiger charge is 2.08. The van der Waals surface area contributed by atoms with Crippen LogP contribution in [0.2, 0.25) is 5.02 Å². The molecule has 4 nitrogen and oxygen atoms in total. The van der Waals surface area contributed by atoms with E-state index < -0.39 is 11.9 Å². The summed E-state index contributed by atoms with van der Waals surface area (Å²) in [4.78, 5) is 22.0. The van der Waals surface area contributed by atoms with Crippen LogP contribution < -0.4 is 9.47 Å². The maximum Gasteiger partial charge on any atom is 0.335 e. The normalized spacial score (nSPS) is 9.24. The molecule has 0 radical (unpaired) electrons. The predicted molar refractivity (Wildman–Crippen MR) is 63.1 cm³/mol. The van der Waals surface area contributed by atoms with Crippen molar-refractivity contribution < 1.29 is 19.1 Å². The van der Waals surface area contributed by atoms with Gasteiger partial charge in [-0.1, -0.05) is 24.8 Å². The second kappa shape index (κ2) is 5.86. The van der Waals surface area contributed by atoms with Crippen LogP contribution in [-0.2, 0) is 9.59 Å². The molecule has 17 heavy (non-hydrogen) atoms. The zero-order chi connectivity index (χ0) is 12.8. The van der Waals surface area contributed by atoms with E-state index in [1.165, 1.54) is 18.2 Å². The molecule has 0 aliphatic carbocycles. The van der Waals surface area contributed by atoms with Gasteiger partial charge in [-0.05, 0) is 12.1 Å². The second-order valence-electron chi connectivity index (χ2n) is 2.84. The summed E-state index contributed by atoms with van der Waals surface area (Å²) < 4.78 is 9.69. The standard InChI is InChI=1S/C12H9ClO4/c1-3-11(14)16-8-5-6-9(13)10(7-8)17-12(15)4-2/h3-7H,1-2H2. The van der Waals surface area contributed by atoms with Gasteiger partial charge in [0, 0.05) is 18.2 Å². The van der Waals surface area contributed by atoms with Gasteiger partial charge in [0.15, 0.2) is 5.75 Å². The molecule has 1 aromatic rings. The van der Waals surface area contributed by atoms with Crippen molar-refractivity contribution >= 4 is 23.5 Å². The SMILES string of the molecule is C=CC(=O)Oc1ccc(Cl)c(OC(=O)C=C)c1. The number of rotatable bonds is 4. The van der Waals surface area contributed by atoms with E-state index in [0.717, 1.165) is 12.2 Å². The van der Waals surface area contributed by atoms with Gasteiger partial charge >= 0.3 is 11.9 Å². The Balaban J connectivity index is 2.93. The molecule has 0 N–H and O–H groups in total. The van der Waals surface area contributed by atoms with Crippen LogP contribution in [-0.4, -0.2) is 11.9 Å². The van der Waals surface area contributed by atoms with E-state index in [2.05, 4.69) is 13.2 Å². The first kappa shape index (κ1) is 13.0. The highest BCUT2D eigenvalue weighted by molar-refractivity contribution is 6.32. The number of benzene rings is 1. The first-order valence-electron chi connectivity index (χ1n) is 4.55. The van der Waals surface area contributed by atoms with Crippen LogP contribution >= 0.6 is 11.6 Å². The number of hydrogen-bond donors (Lipinski definition) is 0. The molecule has 1 rings (SSSR count). The van der Waals surface area contributed by atoms with Crippen LogP contribution in [0.4, 0.5) is 0 Å². The van der Waals surface area contributed by atoms with E-state index in [-0.39, 0.29) is 16.5 Å². The fraction of sp³-hybridized carbons (Fsp3) is 0. The van der Waals surface area contributed by atoms with Crippen LogP contribution in [0.25, 0.3) is 0 Å². The molecule has 0 aliphatic rings. The minimum absolute atomic E-state index is 0.0888. The first-order valence-corrected chi connectivity index (χ1v) is 4.92. The maximum atomic E-state index is 11.0. The quantitative estimate of drug-likeness (QED) is 0.469. The smallest absolute Gasteiger partial charge is 0.335 e. The molecular formula is C12H9ClO4. The monoisotopic (exact) mass is 252 g/mol. The van der Waals surface area contributed by atoms with E-state index >= 15 is 0 Å². The Bertz CT molecular complexity index is 479. The van der Waals surface area contributed by atoms with Crippen LogP contribution in [0, 0.1) is 0 Å². The van der Waals surface area contributed by atoms with Crippen molar-refractivity contribution in [2.75, 3.05) is 0 Å². The van der Waals surface area contributed by atoms with Gasteiger partial charge < -0.3 is 9.47 Å². The third-order valence-electron chi connectivity index (χ3n) is 1.66. The fourth-order valence-corrected chi connectivity index (χ4v) is 1.09. The minimum atomic E-state index is -0.654. The molecular weight excluding hydrogens is 244 g/mol. The highest BCUT2D eigenvalue weighted by atomic mass is 35.5. The largest absolute Gasteiger partial charge is 0.423 e. The molecule has 0 bridgehead atoms. The van der Waals surface area contributed by atoms with Gasteiger partial charge in [0.05, 0.1) is 5.02 Å². The molecule has 1 aromatic carbocycles. The van der Waals surface area contributed by atoms with Gasteiger partial charge in [-0.25, -0.2) is 9.59 Å². The number of ether oxygens (including phenoxy) is 2. The Hall–Kier alpha value is -2.07. The Labute approximate surface area is 103 Å². The fourth-order valence-electron chi connectivity index (χ4n) is 0.933. The summed E-state index contributed by atoms with van der Waals surface area (Å²) in [7, 11) is 0. The Morgan fingerprint density at radius 2 is 1.71 bits per heavy atom. The Morgan fingerprint density at radius 1 is 1.12 bits per heavy atom. The van der Waals surface area contributed by atoms with E-state index in [9.17, 15) is 9.59 Å². The third kappa shape index (κ3) is 3.77. The van der Waals surface area contributed by atoms with Gasteiger partial charge in [-0.15, -0.1) is 0 Å². The summed E-state index contributed by atoms with van der Waals surface area (Å²) in [5.74, 6) is -0.982. The van der Waals surface area contributed by atoms with Crippen molar-refractivity contribution in [3.05, 3.63) is 48.5 Å². The molecule has 0 spiro atoms. The van der Waals surface area contributed by atoms with Crippen LogP contribution in [0.5, 0.6) is 11.5 Å². The lowest BCUT2D eigenvalue weighted by atomic mass is 10.3. The Kier molecular flexibility index (Phi) is 4.48. The summed E-state index contributed by atoms with van der Waals surface area (Å²) in [6.07, 6.45) is 2.02. The van der Waals surface area contributed by atoms with Crippen molar-refractivity contribution in [1.29, 1.82) is 0 Å². The van der Waals surface area contributed by atoms with E-state index in [0.29, 0.717) is 0 Å². The molecule has 0 amide bonds. The molecule has 0 heterocycles. The van der Waals surface area contributed by atoms with E-state index in [4.69, 9.17) is 21.1 Å². The summed E-state index contributed by atoms with van der Waals surface area (Å²) in [6, 6.07) is 4.24. The van der Waals surface area contributed by atoms with Crippen LogP contribution in [0.15, 0.2) is 43.5 Å². The first-order chi connectivity index (χ1) is 8.06. The molecule has 0 aromatic heterocycles. The molecule has 5 heteroatoms. The van der Waals surface area contributed by atoms with Crippen molar-refractivity contribution in [3.63, 3.8) is 0 Å². The second-order valence-corrected chi connectivity index (χ2v) is 3.25. The molecule has 0 unspecified atom stereocenters. The van der Waals surface area contributed by atoms with E-state index in [1.807, 2.05) is 0 Å².